The maximum absolute atomic E-state index is 14.7. The molecule has 0 unspecified atom stereocenters. The second-order valence-electron chi connectivity index (χ2n) is 8.97. The third-order valence-electron chi connectivity index (χ3n) is 6.33. The molecule has 0 bridgehead atoms. The van der Waals surface area contributed by atoms with E-state index < -0.39 is 0 Å². The fourth-order valence-corrected chi connectivity index (χ4v) is 4.52. The van der Waals surface area contributed by atoms with Crippen LogP contribution in [-0.4, -0.2) is 46.6 Å². The molecule has 0 fully saturated rings. The summed E-state index contributed by atoms with van der Waals surface area (Å²) in [6, 6.07) is 19.1. The lowest BCUT2D eigenvalue weighted by atomic mass is 9.95. The smallest absolute Gasteiger partial charge is 0.253 e. The molecule has 1 aromatic heterocycles. The zero-order valence-electron chi connectivity index (χ0n) is 20.8. The van der Waals surface area contributed by atoms with E-state index in [4.69, 9.17) is 27.3 Å². The van der Waals surface area contributed by atoms with Crippen LogP contribution in [0.3, 0.4) is 0 Å². The van der Waals surface area contributed by atoms with Gasteiger partial charge in [0.05, 0.1) is 18.0 Å². The van der Waals surface area contributed by atoms with E-state index in [1.165, 1.54) is 6.07 Å². The average Bonchev–Trinajstić information content (AvgIpc) is 3.08. The van der Waals surface area contributed by atoms with E-state index >= 15 is 0 Å². The van der Waals surface area contributed by atoms with Crippen LogP contribution in [0.15, 0.2) is 77.9 Å². The van der Waals surface area contributed by atoms with Crippen molar-refractivity contribution in [3.63, 3.8) is 0 Å². The number of hydrogen-bond acceptors (Lipinski definition) is 6. The Balaban J connectivity index is 1.44. The summed E-state index contributed by atoms with van der Waals surface area (Å²) in [5.74, 6) is -0.0330. The summed E-state index contributed by atoms with van der Waals surface area (Å²) in [6.45, 7) is 1.43. The van der Waals surface area contributed by atoms with Crippen LogP contribution in [-0.2, 0) is 6.54 Å². The van der Waals surface area contributed by atoms with Crippen LogP contribution in [0.1, 0.15) is 33.5 Å². The van der Waals surface area contributed by atoms with Gasteiger partial charge in [-0.3, -0.25) is 9.79 Å². The van der Waals surface area contributed by atoms with E-state index in [9.17, 15) is 9.18 Å². The molecular formula is C29H26ClFN6O. The van der Waals surface area contributed by atoms with Crippen LogP contribution in [0.5, 0.6) is 0 Å². The number of fused-ring (bicyclic) bond motifs is 3. The molecular weight excluding hydrogens is 503 g/mol. The van der Waals surface area contributed by atoms with Crippen LogP contribution >= 0.6 is 11.6 Å². The summed E-state index contributed by atoms with van der Waals surface area (Å²) in [5, 5.41) is 3.73. The maximum Gasteiger partial charge on any atom is 0.253 e. The Bertz CT molecular complexity index is 1520. The van der Waals surface area contributed by atoms with Crippen molar-refractivity contribution in [2.75, 3.05) is 25.5 Å². The molecule has 0 atom stereocenters. The van der Waals surface area contributed by atoms with Crippen molar-refractivity contribution in [3.8, 4) is 11.3 Å². The molecule has 3 aromatic carbocycles. The van der Waals surface area contributed by atoms with Crippen molar-refractivity contribution in [1.82, 2.24) is 14.9 Å². The molecule has 0 saturated carbocycles. The summed E-state index contributed by atoms with van der Waals surface area (Å²) >= 11 is 6.34. The molecule has 1 aliphatic heterocycles. The summed E-state index contributed by atoms with van der Waals surface area (Å²) in [6.07, 6.45) is 2.47. The van der Waals surface area contributed by atoms with E-state index in [0.717, 1.165) is 23.2 Å². The molecule has 2 heterocycles. The van der Waals surface area contributed by atoms with Crippen molar-refractivity contribution in [1.29, 1.82) is 0 Å². The molecule has 1 amide bonds. The highest BCUT2D eigenvalue weighted by molar-refractivity contribution is 6.31. The van der Waals surface area contributed by atoms with Crippen LogP contribution in [0, 0.1) is 5.82 Å². The Hall–Kier alpha value is -4.14. The molecule has 9 heteroatoms. The number of nitrogens with two attached hydrogens (primary N) is 1. The van der Waals surface area contributed by atoms with Gasteiger partial charge < -0.3 is 16.0 Å². The largest absolute Gasteiger partial charge is 0.342 e. The van der Waals surface area contributed by atoms with Crippen LogP contribution in [0.25, 0.3) is 11.3 Å². The van der Waals surface area contributed by atoms with Crippen LogP contribution in [0.4, 0.5) is 16.0 Å². The average molecular weight is 529 g/mol. The van der Waals surface area contributed by atoms with Gasteiger partial charge in [0.1, 0.15) is 5.82 Å². The SMILES string of the molecule is CN(CCCN)C(=O)c1ccc(Nc2ncc3c(n2)-c2ccc(Cl)cc2C(c2ccccc2F)=NC3)cc1. The van der Waals surface area contributed by atoms with Crippen molar-refractivity contribution in [2.24, 2.45) is 10.7 Å². The molecule has 7 nitrogen and oxygen atoms in total. The number of rotatable bonds is 7. The first-order valence-electron chi connectivity index (χ1n) is 12.2. The number of anilines is 2. The number of nitrogens with zero attached hydrogens (tertiary/aromatic N) is 4. The summed E-state index contributed by atoms with van der Waals surface area (Å²) in [4.78, 5) is 28.3. The third kappa shape index (κ3) is 5.27. The molecule has 0 aliphatic carbocycles. The van der Waals surface area contributed by atoms with E-state index in [1.807, 2.05) is 18.2 Å². The molecule has 0 spiro atoms. The van der Waals surface area contributed by atoms with Gasteiger partial charge >= 0.3 is 0 Å². The molecule has 4 aromatic rings. The summed E-state index contributed by atoms with van der Waals surface area (Å²) in [7, 11) is 1.76. The van der Waals surface area contributed by atoms with Crippen molar-refractivity contribution in [2.45, 2.75) is 13.0 Å². The highest BCUT2D eigenvalue weighted by Gasteiger charge is 2.23. The van der Waals surface area contributed by atoms with Crippen LogP contribution < -0.4 is 11.1 Å². The van der Waals surface area contributed by atoms with Gasteiger partial charge in [-0.1, -0.05) is 29.8 Å². The second-order valence-corrected chi connectivity index (χ2v) is 9.41. The summed E-state index contributed by atoms with van der Waals surface area (Å²) in [5.41, 5.74) is 10.8. The number of amides is 1. The predicted molar refractivity (Wildman–Crippen MR) is 149 cm³/mol. The fourth-order valence-electron chi connectivity index (χ4n) is 4.34. The maximum atomic E-state index is 14.7. The monoisotopic (exact) mass is 528 g/mol. The van der Waals surface area contributed by atoms with E-state index in [-0.39, 0.29) is 11.7 Å². The minimum absolute atomic E-state index is 0.0628. The Morgan fingerprint density at radius 1 is 1.08 bits per heavy atom. The Labute approximate surface area is 225 Å². The van der Waals surface area contributed by atoms with Crippen molar-refractivity contribution >= 4 is 34.9 Å². The number of aromatic nitrogens is 2. The van der Waals surface area contributed by atoms with Crippen molar-refractivity contribution < 1.29 is 9.18 Å². The number of benzene rings is 3. The number of hydrogen-bond donors (Lipinski definition) is 2. The van der Waals surface area contributed by atoms with Gasteiger partial charge in [-0.25, -0.2) is 14.4 Å². The molecule has 3 N–H and O–H groups in total. The lowest BCUT2D eigenvalue weighted by Gasteiger charge is -2.17. The molecule has 5 rings (SSSR count). The van der Waals surface area contributed by atoms with Crippen molar-refractivity contribution in [3.05, 3.63) is 106 Å². The van der Waals surface area contributed by atoms with Gasteiger partial charge in [0.2, 0.25) is 5.95 Å². The minimum Gasteiger partial charge on any atom is -0.342 e. The first kappa shape index (κ1) is 25.5. The standard InChI is InChI=1S/C29H26ClFN6O/c1-37(14-4-13-32)28(38)18-7-10-21(11-8-18)35-29-34-17-19-16-33-27(23-5-2-3-6-25(23)31)24-15-20(30)9-12-22(24)26(19)36-29/h2-3,5-12,15,17H,4,13-14,16,32H2,1H3,(H,34,35,36). The molecule has 0 saturated heterocycles. The predicted octanol–water partition coefficient (Wildman–Crippen LogP) is 5.45. The molecule has 0 radical (unpaired) electrons. The number of aliphatic imine (C=N–C) groups is 1. The first-order valence-corrected chi connectivity index (χ1v) is 12.6. The molecule has 1 aliphatic rings. The molecule has 38 heavy (non-hydrogen) atoms. The quantitative estimate of drug-likeness (QED) is 0.332. The Morgan fingerprint density at radius 3 is 2.63 bits per heavy atom. The Morgan fingerprint density at radius 2 is 1.87 bits per heavy atom. The lowest BCUT2D eigenvalue weighted by molar-refractivity contribution is 0.0794. The van der Waals surface area contributed by atoms with Gasteiger partial charge in [-0.2, -0.15) is 0 Å². The van der Waals surface area contributed by atoms with Gasteiger partial charge in [-0.05, 0) is 61.5 Å². The van der Waals surface area contributed by atoms with E-state index in [1.54, 1.807) is 60.6 Å². The zero-order valence-corrected chi connectivity index (χ0v) is 21.5. The normalized spacial score (nSPS) is 12.2. The van der Waals surface area contributed by atoms with Gasteiger partial charge in [-0.15, -0.1) is 0 Å². The minimum atomic E-state index is -0.357. The van der Waals surface area contributed by atoms with Gasteiger partial charge in [0.25, 0.3) is 5.91 Å². The van der Waals surface area contributed by atoms with Gasteiger partial charge in [0.15, 0.2) is 0 Å². The van der Waals surface area contributed by atoms with E-state index in [0.29, 0.717) is 58.7 Å². The highest BCUT2D eigenvalue weighted by atomic mass is 35.5. The second kappa shape index (κ2) is 11.1. The van der Waals surface area contributed by atoms with Crippen LogP contribution in [0.2, 0.25) is 5.02 Å². The number of carbonyl (C=O) groups is 1. The Kier molecular flexibility index (Phi) is 7.44. The lowest BCUT2D eigenvalue weighted by Crippen LogP contribution is -2.28. The van der Waals surface area contributed by atoms with Gasteiger partial charge in [0, 0.05) is 58.3 Å². The van der Waals surface area contributed by atoms with E-state index in [2.05, 4.69) is 10.3 Å². The number of halogens is 2. The summed E-state index contributed by atoms with van der Waals surface area (Å²) < 4.78 is 14.7. The fraction of sp³-hybridized carbons (Fsp3) is 0.172. The third-order valence-corrected chi connectivity index (χ3v) is 6.56. The number of carbonyl (C=O) groups excluding carboxylic acids is 1. The topological polar surface area (TPSA) is 96.5 Å². The zero-order chi connectivity index (χ0) is 26.6. The first-order chi connectivity index (χ1) is 18.4. The number of nitrogens with one attached hydrogen (secondary N) is 1. The molecule has 192 valence electrons. The highest BCUT2D eigenvalue weighted by Crippen LogP contribution is 2.34.